The van der Waals surface area contributed by atoms with E-state index in [2.05, 4.69) is 16.9 Å². The van der Waals surface area contributed by atoms with Gasteiger partial charge in [-0.3, -0.25) is 0 Å². The second-order valence-corrected chi connectivity index (χ2v) is 4.48. The van der Waals surface area contributed by atoms with Crippen molar-refractivity contribution in [2.75, 3.05) is 13.7 Å². The molecule has 1 aliphatic rings. The number of aromatic nitrogens is 2. The predicted molar refractivity (Wildman–Crippen MR) is 65.4 cm³/mol. The van der Waals surface area contributed by atoms with Crippen LogP contribution < -0.4 is 4.74 Å². The summed E-state index contributed by atoms with van der Waals surface area (Å²) in [5, 5.41) is 0. The van der Waals surface area contributed by atoms with Gasteiger partial charge < -0.3 is 14.5 Å². The molecule has 4 heteroatoms. The van der Waals surface area contributed by atoms with Crippen LogP contribution in [0.5, 0.6) is 5.75 Å². The third-order valence-corrected chi connectivity index (χ3v) is 3.43. The van der Waals surface area contributed by atoms with Crippen LogP contribution in [0.15, 0.2) is 18.2 Å². The smallest absolute Gasteiger partial charge is 0.121 e. The number of fused-ring (bicyclic) bond motifs is 1. The molecule has 1 N–H and O–H groups in total. The summed E-state index contributed by atoms with van der Waals surface area (Å²) in [6, 6.07) is 5.89. The SMILES string of the molecule is COc1ccc2nc(C3CCOC3C)[nH]c2c1. The standard InChI is InChI=1S/C13H16N2O2/c1-8-10(5-6-17-8)13-14-11-4-3-9(16-2)7-12(11)15-13/h3-4,7-8,10H,5-6H2,1-2H3,(H,14,15). The summed E-state index contributed by atoms with van der Waals surface area (Å²) in [6.45, 7) is 2.93. The molecule has 1 saturated heterocycles. The molecule has 1 aromatic heterocycles. The Hall–Kier alpha value is -1.55. The summed E-state index contributed by atoms with van der Waals surface area (Å²) >= 11 is 0. The zero-order valence-corrected chi connectivity index (χ0v) is 10.1. The van der Waals surface area contributed by atoms with Gasteiger partial charge in [0.1, 0.15) is 11.6 Å². The monoisotopic (exact) mass is 232 g/mol. The van der Waals surface area contributed by atoms with Gasteiger partial charge in [-0.25, -0.2) is 4.98 Å². The van der Waals surface area contributed by atoms with Crippen LogP contribution in [0.1, 0.15) is 25.1 Å². The van der Waals surface area contributed by atoms with E-state index in [1.165, 1.54) is 0 Å². The summed E-state index contributed by atoms with van der Waals surface area (Å²) in [5.74, 6) is 2.26. The lowest BCUT2D eigenvalue weighted by Gasteiger charge is -2.09. The van der Waals surface area contributed by atoms with Crippen LogP contribution in [0.2, 0.25) is 0 Å². The third kappa shape index (κ3) is 1.78. The van der Waals surface area contributed by atoms with E-state index in [-0.39, 0.29) is 6.10 Å². The number of methoxy groups -OCH3 is 1. The van der Waals surface area contributed by atoms with Gasteiger partial charge in [0.15, 0.2) is 0 Å². The highest BCUT2D eigenvalue weighted by atomic mass is 16.5. The van der Waals surface area contributed by atoms with Crippen molar-refractivity contribution in [1.29, 1.82) is 0 Å². The van der Waals surface area contributed by atoms with Crippen molar-refractivity contribution in [2.45, 2.75) is 25.4 Å². The molecule has 1 fully saturated rings. The first-order chi connectivity index (χ1) is 8.28. The molecular weight excluding hydrogens is 216 g/mol. The minimum atomic E-state index is 0.248. The fourth-order valence-corrected chi connectivity index (χ4v) is 2.40. The molecule has 4 nitrogen and oxygen atoms in total. The van der Waals surface area contributed by atoms with Crippen LogP contribution in [0.25, 0.3) is 11.0 Å². The molecule has 3 rings (SSSR count). The predicted octanol–water partition coefficient (Wildman–Crippen LogP) is 2.46. The van der Waals surface area contributed by atoms with Crippen LogP contribution in [-0.4, -0.2) is 29.8 Å². The number of ether oxygens (including phenoxy) is 2. The largest absolute Gasteiger partial charge is 0.497 e. The topological polar surface area (TPSA) is 47.1 Å². The first-order valence-electron chi connectivity index (χ1n) is 5.93. The van der Waals surface area contributed by atoms with Crippen molar-refractivity contribution in [1.82, 2.24) is 9.97 Å². The molecule has 0 aliphatic carbocycles. The normalized spacial score (nSPS) is 24.4. The van der Waals surface area contributed by atoms with E-state index in [0.717, 1.165) is 35.6 Å². The van der Waals surface area contributed by atoms with Gasteiger partial charge >= 0.3 is 0 Å². The summed E-state index contributed by atoms with van der Waals surface area (Å²) in [4.78, 5) is 8.00. The number of hydrogen-bond donors (Lipinski definition) is 1. The lowest BCUT2D eigenvalue weighted by molar-refractivity contribution is 0.117. The number of H-pyrrole nitrogens is 1. The van der Waals surface area contributed by atoms with Crippen molar-refractivity contribution in [3.05, 3.63) is 24.0 Å². The molecule has 0 spiro atoms. The average molecular weight is 232 g/mol. The molecule has 0 saturated carbocycles. The molecule has 0 amide bonds. The highest BCUT2D eigenvalue weighted by Gasteiger charge is 2.28. The zero-order valence-electron chi connectivity index (χ0n) is 10.1. The van der Waals surface area contributed by atoms with Gasteiger partial charge in [-0.1, -0.05) is 0 Å². The van der Waals surface area contributed by atoms with Gasteiger partial charge in [0.2, 0.25) is 0 Å². The maximum absolute atomic E-state index is 5.58. The van der Waals surface area contributed by atoms with Crippen molar-refractivity contribution >= 4 is 11.0 Å². The summed E-state index contributed by atoms with van der Waals surface area (Å²) < 4.78 is 10.8. The average Bonchev–Trinajstić information content (AvgIpc) is 2.93. The van der Waals surface area contributed by atoms with E-state index in [1.807, 2.05) is 18.2 Å². The van der Waals surface area contributed by atoms with Crippen molar-refractivity contribution in [2.24, 2.45) is 0 Å². The molecule has 17 heavy (non-hydrogen) atoms. The number of rotatable bonds is 2. The lowest BCUT2D eigenvalue weighted by atomic mass is 10.0. The van der Waals surface area contributed by atoms with Gasteiger partial charge in [-0.15, -0.1) is 0 Å². The molecule has 2 heterocycles. The Morgan fingerprint density at radius 3 is 3.06 bits per heavy atom. The van der Waals surface area contributed by atoms with Crippen LogP contribution in [0.3, 0.4) is 0 Å². The minimum Gasteiger partial charge on any atom is -0.497 e. The Labute approximate surface area is 100.0 Å². The van der Waals surface area contributed by atoms with Gasteiger partial charge in [-0.2, -0.15) is 0 Å². The lowest BCUT2D eigenvalue weighted by Crippen LogP contribution is -2.10. The van der Waals surface area contributed by atoms with E-state index in [4.69, 9.17) is 9.47 Å². The Morgan fingerprint density at radius 2 is 2.35 bits per heavy atom. The maximum atomic E-state index is 5.58. The highest BCUT2D eigenvalue weighted by molar-refractivity contribution is 5.76. The van der Waals surface area contributed by atoms with Crippen molar-refractivity contribution in [3.8, 4) is 5.75 Å². The highest BCUT2D eigenvalue weighted by Crippen LogP contribution is 2.31. The quantitative estimate of drug-likeness (QED) is 0.865. The van der Waals surface area contributed by atoms with Crippen molar-refractivity contribution < 1.29 is 9.47 Å². The van der Waals surface area contributed by atoms with E-state index < -0.39 is 0 Å². The molecule has 90 valence electrons. The zero-order chi connectivity index (χ0) is 11.8. The van der Waals surface area contributed by atoms with Crippen molar-refractivity contribution in [3.63, 3.8) is 0 Å². The second-order valence-electron chi connectivity index (χ2n) is 4.48. The summed E-state index contributed by atoms with van der Waals surface area (Å²) in [6.07, 6.45) is 1.29. The molecule has 2 unspecified atom stereocenters. The van der Waals surface area contributed by atoms with E-state index in [1.54, 1.807) is 7.11 Å². The number of aromatic amines is 1. The van der Waals surface area contributed by atoms with Crippen LogP contribution in [0, 0.1) is 0 Å². The number of hydrogen-bond acceptors (Lipinski definition) is 3. The Bertz CT molecular complexity index is 535. The number of nitrogens with zero attached hydrogens (tertiary/aromatic N) is 1. The third-order valence-electron chi connectivity index (χ3n) is 3.43. The Morgan fingerprint density at radius 1 is 1.47 bits per heavy atom. The summed E-state index contributed by atoms with van der Waals surface area (Å²) in [5.41, 5.74) is 2.01. The van der Waals surface area contributed by atoms with Crippen LogP contribution in [0.4, 0.5) is 0 Å². The fraction of sp³-hybridized carbons (Fsp3) is 0.462. The van der Waals surface area contributed by atoms with Crippen LogP contribution >= 0.6 is 0 Å². The molecule has 1 aromatic carbocycles. The Balaban J connectivity index is 2.01. The van der Waals surface area contributed by atoms with Gasteiger partial charge in [0, 0.05) is 18.6 Å². The maximum Gasteiger partial charge on any atom is 0.121 e. The first-order valence-corrected chi connectivity index (χ1v) is 5.93. The van der Waals surface area contributed by atoms with E-state index in [9.17, 15) is 0 Å². The fourth-order valence-electron chi connectivity index (χ4n) is 2.40. The molecule has 0 bridgehead atoms. The van der Waals surface area contributed by atoms with Gasteiger partial charge in [0.25, 0.3) is 0 Å². The van der Waals surface area contributed by atoms with E-state index >= 15 is 0 Å². The Kier molecular flexibility index (Phi) is 2.52. The molecule has 2 atom stereocenters. The number of imidazole rings is 1. The number of nitrogens with one attached hydrogen (secondary N) is 1. The molecule has 1 aliphatic heterocycles. The first kappa shape index (κ1) is 10.6. The molecular formula is C13H16N2O2. The second kappa shape index (κ2) is 4.04. The molecule has 0 radical (unpaired) electrons. The van der Waals surface area contributed by atoms with Gasteiger partial charge in [-0.05, 0) is 25.5 Å². The van der Waals surface area contributed by atoms with Gasteiger partial charge in [0.05, 0.1) is 24.2 Å². The minimum absolute atomic E-state index is 0.248. The van der Waals surface area contributed by atoms with Crippen LogP contribution in [-0.2, 0) is 4.74 Å². The number of benzene rings is 1. The molecule has 2 aromatic rings. The van der Waals surface area contributed by atoms with E-state index in [0.29, 0.717) is 5.92 Å². The summed E-state index contributed by atoms with van der Waals surface area (Å²) in [7, 11) is 1.67.